The maximum absolute atomic E-state index is 12.4. The van der Waals surface area contributed by atoms with E-state index < -0.39 is 0 Å². The summed E-state index contributed by atoms with van der Waals surface area (Å²) in [6, 6.07) is 14.4. The fourth-order valence-electron chi connectivity index (χ4n) is 2.58. The Morgan fingerprint density at radius 2 is 1.84 bits per heavy atom. The Hall–Kier alpha value is -3.15. The average molecular weight is 336 g/mol. The number of carbonyl (C=O) groups excluding carboxylic acids is 2. The summed E-state index contributed by atoms with van der Waals surface area (Å²) < 4.78 is 0. The van der Waals surface area contributed by atoms with Crippen LogP contribution in [0.5, 0.6) is 0 Å². The molecule has 6 nitrogen and oxygen atoms in total. The molecule has 0 saturated heterocycles. The number of nitrogens with one attached hydrogen (secondary N) is 3. The fourth-order valence-corrected chi connectivity index (χ4v) is 2.58. The van der Waals surface area contributed by atoms with Crippen LogP contribution in [0.4, 0.5) is 11.4 Å². The summed E-state index contributed by atoms with van der Waals surface area (Å²) in [6.45, 7) is 3.20. The molecule has 0 radical (unpaired) electrons. The smallest absolute Gasteiger partial charge is 0.255 e. The van der Waals surface area contributed by atoms with Crippen molar-refractivity contribution in [2.75, 3.05) is 23.7 Å². The van der Waals surface area contributed by atoms with Gasteiger partial charge in [0.25, 0.3) is 5.91 Å². The Labute approximate surface area is 146 Å². The van der Waals surface area contributed by atoms with Crippen LogP contribution in [-0.2, 0) is 4.79 Å². The van der Waals surface area contributed by atoms with Crippen LogP contribution < -0.4 is 16.0 Å². The lowest BCUT2D eigenvalue weighted by Crippen LogP contribution is -2.30. The second-order valence-electron chi connectivity index (χ2n) is 5.80. The lowest BCUT2D eigenvalue weighted by molar-refractivity contribution is -0.114. The van der Waals surface area contributed by atoms with Gasteiger partial charge < -0.3 is 16.0 Å². The Bertz CT molecular complexity index is 812. The van der Waals surface area contributed by atoms with Crippen LogP contribution in [0.1, 0.15) is 29.3 Å². The van der Waals surface area contributed by atoms with Gasteiger partial charge in [0.15, 0.2) is 0 Å². The first-order valence-corrected chi connectivity index (χ1v) is 8.19. The van der Waals surface area contributed by atoms with Crippen LogP contribution in [0.3, 0.4) is 0 Å². The first kappa shape index (κ1) is 16.7. The van der Waals surface area contributed by atoms with Gasteiger partial charge in [-0.3, -0.25) is 14.6 Å². The molecule has 3 rings (SSSR count). The van der Waals surface area contributed by atoms with Crippen LogP contribution in [0.15, 0.2) is 53.5 Å². The van der Waals surface area contributed by atoms with Gasteiger partial charge in [0.1, 0.15) is 5.84 Å². The minimum Gasteiger partial charge on any atom is -0.370 e. The number of hydrogen-bond donors (Lipinski definition) is 3. The van der Waals surface area contributed by atoms with Crippen molar-refractivity contribution in [3.63, 3.8) is 0 Å². The predicted octanol–water partition coefficient (Wildman–Crippen LogP) is 2.64. The molecule has 0 fully saturated rings. The summed E-state index contributed by atoms with van der Waals surface area (Å²) >= 11 is 0. The standard InChI is InChI=1S/C19H20N4O2/c1-13(24)22-17-5-2-4-15(12-17)19(25)23-16-8-6-14(7-9-16)18-20-10-3-11-21-18/h2,4-9,12H,3,10-11H2,1H3,(H,20,21)(H,22,24)(H,23,25). The van der Waals surface area contributed by atoms with Crippen molar-refractivity contribution in [3.05, 3.63) is 59.7 Å². The second-order valence-corrected chi connectivity index (χ2v) is 5.80. The maximum atomic E-state index is 12.4. The third kappa shape index (κ3) is 4.44. The van der Waals surface area contributed by atoms with Crippen LogP contribution in [0, 0.1) is 0 Å². The van der Waals surface area contributed by atoms with Crippen molar-refractivity contribution < 1.29 is 9.59 Å². The van der Waals surface area contributed by atoms with Gasteiger partial charge in [0.05, 0.1) is 0 Å². The zero-order valence-electron chi connectivity index (χ0n) is 14.0. The molecule has 128 valence electrons. The molecule has 1 aliphatic rings. The molecular formula is C19H20N4O2. The number of anilines is 2. The molecule has 1 heterocycles. The Kier molecular flexibility index (Phi) is 5.09. The number of aliphatic imine (C=N–C) groups is 1. The largest absolute Gasteiger partial charge is 0.370 e. The summed E-state index contributed by atoms with van der Waals surface area (Å²) in [5.74, 6) is 0.493. The highest BCUT2D eigenvalue weighted by molar-refractivity contribution is 6.05. The van der Waals surface area contributed by atoms with Crippen LogP contribution in [0.2, 0.25) is 0 Å². The zero-order valence-corrected chi connectivity index (χ0v) is 14.0. The minimum atomic E-state index is -0.229. The number of carbonyl (C=O) groups is 2. The van der Waals surface area contributed by atoms with E-state index in [2.05, 4.69) is 20.9 Å². The van der Waals surface area contributed by atoms with Gasteiger partial charge in [-0.15, -0.1) is 0 Å². The first-order chi connectivity index (χ1) is 12.1. The van der Waals surface area contributed by atoms with Crippen molar-refractivity contribution in [3.8, 4) is 0 Å². The van der Waals surface area contributed by atoms with E-state index in [0.717, 1.165) is 30.9 Å². The van der Waals surface area contributed by atoms with Crippen LogP contribution in [-0.4, -0.2) is 30.7 Å². The predicted molar refractivity (Wildman–Crippen MR) is 99.2 cm³/mol. The molecule has 2 amide bonds. The molecular weight excluding hydrogens is 316 g/mol. The number of rotatable bonds is 4. The van der Waals surface area contributed by atoms with E-state index in [1.807, 2.05) is 24.3 Å². The number of benzene rings is 2. The van der Waals surface area contributed by atoms with Crippen molar-refractivity contribution in [1.82, 2.24) is 5.32 Å². The van der Waals surface area contributed by atoms with Crippen molar-refractivity contribution in [1.29, 1.82) is 0 Å². The molecule has 2 aromatic carbocycles. The molecule has 0 spiro atoms. The van der Waals surface area contributed by atoms with E-state index in [-0.39, 0.29) is 11.8 Å². The number of nitrogens with zero attached hydrogens (tertiary/aromatic N) is 1. The normalized spacial score (nSPS) is 13.4. The van der Waals surface area contributed by atoms with E-state index in [9.17, 15) is 9.59 Å². The second kappa shape index (κ2) is 7.61. The summed E-state index contributed by atoms with van der Waals surface area (Å²) in [4.78, 5) is 28.0. The molecule has 25 heavy (non-hydrogen) atoms. The molecule has 0 saturated carbocycles. The molecule has 0 unspecified atom stereocenters. The topological polar surface area (TPSA) is 82.6 Å². The van der Waals surface area contributed by atoms with Crippen molar-refractivity contribution in [2.45, 2.75) is 13.3 Å². The maximum Gasteiger partial charge on any atom is 0.255 e. The van der Waals surface area contributed by atoms with E-state index in [1.165, 1.54) is 6.92 Å². The molecule has 0 aromatic heterocycles. The molecule has 0 bridgehead atoms. The Morgan fingerprint density at radius 3 is 2.52 bits per heavy atom. The van der Waals surface area contributed by atoms with Crippen molar-refractivity contribution >= 4 is 29.0 Å². The monoisotopic (exact) mass is 336 g/mol. The Morgan fingerprint density at radius 1 is 1.04 bits per heavy atom. The highest BCUT2D eigenvalue weighted by Gasteiger charge is 2.09. The van der Waals surface area contributed by atoms with Crippen LogP contribution >= 0.6 is 0 Å². The van der Waals surface area contributed by atoms with E-state index in [0.29, 0.717) is 16.9 Å². The lowest BCUT2D eigenvalue weighted by atomic mass is 10.1. The van der Waals surface area contributed by atoms with Gasteiger partial charge in [0.2, 0.25) is 5.91 Å². The van der Waals surface area contributed by atoms with Gasteiger partial charge in [0, 0.05) is 42.5 Å². The molecule has 6 heteroatoms. The third-order valence-corrected chi connectivity index (χ3v) is 3.76. The molecule has 3 N–H and O–H groups in total. The number of hydrogen-bond acceptors (Lipinski definition) is 4. The number of amidine groups is 1. The van der Waals surface area contributed by atoms with Gasteiger partial charge in [-0.2, -0.15) is 0 Å². The van der Waals surface area contributed by atoms with Gasteiger partial charge >= 0.3 is 0 Å². The lowest BCUT2D eigenvalue weighted by Gasteiger charge is -2.15. The summed E-state index contributed by atoms with van der Waals surface area (Å²) in [7, 11) is 0. The van der Waals surface area contributed by atoms with Crippen molar-refractivity contribution in [2.24, 2.45) is 4.99 Å². The third-order valence-electron chi connectivity index (χ3n) is 3.76. The average Bonchev–Trinajstić information content (AvgIpc) is 2.63. The SMILES string of the molecule is CC(=O)Nc1cccc(C(=O)Nc2ccc(C3=NCCCN3)cc2)c1. The quantitative estimate of drug-likeness (QED) is 0.803. The summed E-state index contributed by atoms with van der Waals surface area (Å²) in [5, 5.41) is 8.80. The Balaban J connectivity index is 1.68. The van der Waals surface area contributed by atoms with Gasteiger partial charge in [-0.25, -0.2) is 0 Å². The molecule has 0 atom stereocenters. The molecule has 1 aliphatic heterocycles. The summed E-state index contributed by atoms with van der Waals surface area (Å²) in [5.41, 5.74) is 2.78. The van der Waals surface area contributed by atoms with E-state index in [4.69, 9.17) is 0 Å². The van der Waals surface area contributed by atoms with E-state index >= 15 is 0 Å². The number of amides is 2. The molecule has 2 aromatic rings. The van der Waals surface area contributed by atoms with Gasteiger partial charge in [-0.05, 0) is 48.9 Å². The van der Waals surface area contributed by atoms with E-state index in [1.54, 1.807) is 24.3 Å². The molecule has 0 aliphatic carbocycles. The zero-order chi connectivity index (χ0) is 17.6. The summed E-state index contributed by atoms with van der Waals surface area (Å²) in [6.07, 6.45) is 1.05. The van der Waals surface area contributed by atoms with Gasteiger partial charge in [-0.1, -0.05) is 6.07 Å². The highest BCUT2D eigenvalue weighted by atomic mass is 16.2. The minimum absolute atomic E-state index is 0.174. The fraction of sp³-hybridized carbons (Fsp3) is 0.211. The highest BCUT2D eigenvalue weighted by Crippen LogP contribution is 2.15. The first-order valence-electron chi connectivity index (χ1n) is 8.19. The van der Waals surface area contributed by atoms with Crippen LogP contribution in [0.25, 0.3) is 0 Å².